The van der Waals surface area contributed by atoms with Gasteiger partial charge < -0.3 is 16.0 Å². The molecule has 1 atom stereocenters. The number of hydrogen-bond donors (Lipinski definition) is 2. The fourth-order valence-electron chi connectivity index (χ4n) is 2.75. The number of nitrogens with one attached hydrogen (secondary N) is 1. The summed E-state index contributed by atoms with van der Waals surface area (Å²) in [5.41, 5.74) is 5.25. The Labute approximate surface area is 118 Å². The average molecular weight is 303 g/mol. The molecule has 2 aliphatic rings. The number of nitrogens with zero attached hydrogens (tertiary/aromatic N) is 1. The SMILES string of the molecule is NC(=O)C1CCN(C(=O)CC2CS(=O)(=O)CCN2)CC1. The van der Waals surface area contributed by atoms with Crippen molar-refractivity contribution in [2.45, 2.75) is 25.3 Å². The number of likely N-dealkylation sites (tertiary alicyclic amines) is 1. The lowest BCUT2D eigenvalue weighted by Crippen LogP contribution is -2.49. The van der Waals surface area contributed by atoms with Gasteiger partial charge in [0, 0.05) is 38.0 Å². The van der Waals surface area contributed by atoms with E-state index in [1.165, 1.54) is 0 Å². The first-order valence-corrected chi connectivity index (χ1v) is 8.70. The minimum atomic E-state index is -3.02. The minimum absolute atomic E-state index is 0.0243. The van der Waals surface area contributed by atoms with Gasteiger partial charge in [0.2, 0.25) is 11.8 Å². The highest BCUT2D eigenvalue weighted by Gasteiger charge is 2.30. The summed E-state index contributed by atoms with van der Waals surface area (Å²) in [5, 5.41) is 3.07. The van der Waals surface area contributed by atoms with Gasteiger partial charge in [-0.15, -0.1) is 0 Å². The summed E-state index contributed by atoms with van der Waals surface area (Å²) in [6.07, 6.45) is 1.38. The number of nitrogens with two attached hydrogens (primary N) is 1. The number of sulfone groups is 1. The van der Waals surface area contributed by atoms with E-state index in [1.54, 1.807) is 4.90 Å². The van der Waals surface area contributed by atoms with Crippen LogP contribution in [-0.4, -0.2) is 62.3 Å². The third-order valence-electron chi connectivity index (χ3n) is 3.97. The normalized spacial score (nSPS) is 27.2. The van der Waals surface area contributed by atoms with E-state index in [2.05, 4.69) is 5.32 Å². The second kappa shape index (κ2) is 6.09. The van der Waals surface area contributed by atoms with Crippen molar-refractivity contribution in [3.8, 4) is 0 Å². The van der Waals surface area contributed by atoms with Crippen molar-refractivity contribution in [2.75, 3.05) is 31.1 Å². The number of piperidine rings is 1. The average Bonchev–Trinajstić information content (AvgIpc) is 2.37. The van der Waals surface area contributed by atoms with E-state index in [0.29, 0.717) is 32.5 Å². The van der Waals surface area contributed by atoms with Crippen LogP contribution in [0.1, 0.15) is 19.3 Å². The lowest BCUT2D eigenvalue weighted by atomic mass is 9.96. The van der Waals surface area contributed by atoms with Crippen molar-refractivity contribution in [3.63, 3.8) is 0 Å². The Morgan fingerprint density at radius 3 is 2.45 bits per heavy atom. The third kappa shape index (κ3) is 3.92. The van der Waals surface area contributed by atoms with Gasteiger partial charge >= 0.3 is 0 Å². The van der Waals surface area contributed by atoms with E-state index in [1.807, 2.05) is 0 Å². The zero-order valence-electron chi connectivity index (χ0n) is 11.4. The maximum Gasteiger partial charge on any atom is 0.224 e. The molecule has 20 heavy (non-hydrogen) atoms. The first kappa shape index (κ1) is 15.2. The van der Waals surface area contributed by atoms with Gasteiger partial charge in [-0.3, -0.25) is 9.59 Å². The fourth-order valence-corrected chi connectivity index (χ4v) is 4.20. The van der Waals surface area contributed by atoms with E-state index in [9.17, 15) is 18.0 Å². The van der Waals surface area contributed by atoms with Crippen LogP contribution >= 0.6 is 0 Å². The number of primary amides is 1. The molecule has 0 aromatic heterocycles. The fraction of sp³-hybridized carbons (Fsp3) is 0.833. The van der Waals surface area contributed by atoms with Crippen molar-refractivity contribution in [2.24, 2.45) is 11.7 Å². The van der Waals surface area contributed by atoms with Gasteiger partial charge in [-0.05, 0) is 12.8 Å². The molecule has 0 saturated carbocycles. The van der Waals surface area contributed by atoms with Crippen molar-refractivity contribution >= 4 is 21.7 Å². The highest BCUT2D eigenvalue weighted by atomic mass is 32.2. The smallest absolute Gasteiger partial charge is 0.224 e. The molecule has 2 fully saturated rings. The van der Waals surface area contributed by atoms with E-state index >= 15 is 0 Å². The molecule has 3 N–H and O–H groups in total. The van der Waals surface area contributed by atoms with Gasteiger partial charge in [-0.1, -0.05) is 0 Å². The van der Waals surface area contributed by atoms with Gasteiger partial charge in [-0.25, -0.2) is 8.42 Å². The van der Waals surface area contributed by atoms with Gasteiger partial charge in [0.25, 0.3) is 0 Å². The summed E-state index contributed by atoms with van der Waals surface area (Å²) in [7, 11) is -3.02. The first-order chi connectivity index (χ1) is 9.37. The predicted molar refractivity (Wildman–Crippen MR) is 73.6 cm³/mol. The highest BCUT2D eigenvalue weighted by molar-refractivity contribution is 7.91. The van der Waals surface area contributed by atoms with Crippen LogP contribution in [0.25, 0.3) is 0 Å². The highest BCUT2D eigenvalue weighted by Crippen LogP contribution is 2.18. The quantitative estimate of drug-likeness (QED) is 0.658. The van der Waals surface area contributed by atoms with E-state index in [4.69, 9.17) is 5.73 Å². The van der Waals surface area contributed by atoms with Crippen molar-refractivity contribution in [1.82, 2.24) is 10.2 Å². The van der Waals surface area contributed by atoms with Gasteiger partial charge in [-0.2, -0.15) is 0 Å². The first-order valence-electron chi connectivity index (χ1n) is 6.88. The second-order valence-electron chi connectivity index (χ2n) is 5.53. The monoisotopic (exact) mass is 303 g/mol. The standard InChI is InChI=1S/C12H21N3O4S/c13-12(17)9-1-4-15(5-2-9)11(16)7-10-8-20(18,19)6-3-14-10/h9-10,14H,1-8H2,(H2,13,17). The molecule has 0 radical (unpaired) electrons. The van der Waals surface area contributed by atoms with E-state index < -0.39 is 9.84 Å². The van der Waals surface area contributed by atoms with Crippen LogP contribution in [0, 0.1) is 5.92 Å². The molecular formula is C12H21N3O4S. The predicted octanol–water partition coefficient (Wildman–Crippen LogP) is -1.51. The minimum Gasteiger partial charge on any atom is -0.369 e. The molecule has 1 unspecified atom stereocenters. The summed E-state index contributed by atoms with van der Waals surface area (Å²) >= 11 is 0. The summed E-state index contributed by atoms with van der Waals surface area (Å²) in [6, 6.07) is -0.296. The largest absolute Gasteiger partial charge is 0.369 e. The van der Waals surface area contributed by atoms with Crippen molar-refractivity contribution in [1.29, 1.82) is 0 Å². The Bertz CT molecular complexity index is 483. The molecule has 2 heterocycles. The van der Waals surface area contributed by atoms with Crippen LogP contribution in [0.5, 0.6) is 0 Å². The number of rotatable bonds is 3. The molecule has 2 rings (SSSR count). The number of carbonyl (C=O) groups is 2. The second-order valence-corrected chi connectivity index (χ2v) is 7.76. The van der Waals surface area contributed by atoms with Crippen LogP contribution in [0.2, 0.25) is 0 Å². The maximum atomic E-state index is 12.1. The molecule has 0 aromatic carbocycles. The lowest BCUT2D eigenvalue weighted by Gasteiger charge is -2.32. The van der Waals surface area contributed by atoms with Crippen LogP contribution < -0.4 is 11.1 Å². The molecule has 2 saturated heterocycles. The molecule has 0 aliphatic carbocycles. The Morgan fingerprint density at radius 2 is 1.90 bits per heavy atom. The van der Waals surface area contributed by atoms with Crippen LogP contribution in [-0.2, 0) is 19.4 Å². The van der Waals surface area contributed by atoms with Crippen LogP contribution in [0.3, 0.4) is 0 Å². The number of hydrogen-bond acceptors (Lipinski definition) is 5. The van der Waals surface area contributed by atoms with Gasteiger partial charge in [0.15, 0.2) is 9.84 Å². The lowest BCUT2D eigenvalue weighted by molar-refractivity contribution is -0.135. The molecule has 2 aliphatic heterocycles. The van der Waals surface area contributed by atoms with Gasteiger partial charge in [0.05, 0.1) is 11.5 Å². The Kier molecular flexibility index (Phi) is 4.64. The summed E-state index contributed by atoms with van der Waals surface area (Å²) in [6.45, 7) is 1.45. The maximum absolute atomic E-state index is 12.1. The van der Waals surface area contributed by atoms with Crippen LogP contribution in [0.4, 0.5) is 0 Å². The Morgan fingerprint density at radius 1 is 1.25 bits per heavy atom. The van der Waals surface area contributed by atoms with Gasteiger partial charge in [0.1, 0.15) is 0 Å². The summed E-state index contributed by atoms with van der Waals surface area (Å²) in [4.78, 5) is 24.9. The topological polar surface area (TPSA) is 110 Å². The third-order valence-corrected chi connectivity index (χ3v) is 5.71. The molecule has 2 amide bonds. The van der Waals surface area contributed by atoms with Crippen molar-refractivity contribution < 1.29 is 18.0 Å². The Balaban J connectivity index is 1.82. The molecule has 0 aromatic rings. The molecule has 0 spiro atoms. The molecule has 114 valence electrons. The van der Waals surface area contributed by atoms with E-state index in [-0.39, 0.29) is 41.7 Å². The number of amides is 2. The van der Waals surface area contributed by atoms with Crippen LogP contribution in [0.15, 0.2) is 0 Å². The molecular weight excluding hydrogens is 282 g/mol. The molecule has 8 heteroatoms. The van der Waals surface area contributed by atoms with Crippen molar-refractivity contribution in [3.05, 3.63) is 0 Å². The Hall–Kier alpha value is -1.15. The van der Waals surface area contributed by atoms with E-state index in [0.717, 1.165) is 0 Å². The summed E-state index contributed by atoms with van der Waals surface area (Å²) < 4.78 is 23.0. The zero-order chi connectivity index (χ0) is 14.8. The number of carbonyl (C=O) groups excluding carboxylic acids is 2. The zero-order valence-corrected chi connectivity index (χ0v) is 12.2. The molecule has 0 bridgehead atoms. The molecule has 7 nitrogen and oxygen atoms in total. The summed E-state index contributed by atoms with van der Waals surface area (Å²) in [5.74, 6) is -0.343.